The second-order valence-corrected chi connectivity index (χ2v) is 29.2. The third kappa shape index (κ3) is 9.73. The minimum atomic E-state index is -0.228. The first-order chi connectivity index (χ1) is 43.6. The highest BCUT2D eigenvalue weighted by Crippen LogP contribution is 2.55. The van der Waals surface area contributed by atoms with Gasteiger partial charge in [-0.2, -0.15) is 0 Å². The zero-order valence-corrected chi connectivity index (χ0v) is 54.5. The Kier molecular flexibility index (Phi) is 13.3. The number of benzene rings is 10. The molecule has 0 unspecified atom stereocenters. The lowest BCUT2D eigenvalue weighted by Crippen LogP contribution is -2.17. The highest BCUT2D eigenvalue weighted by atomic mass is 15.2. The average molecular weight is 1180 g/mol. The molecule has 4 heteroatoms. The Hall–Kier alpha value is -9.90. The zero-order chi connectivity index (χ0) is 62.9. The van der Waals surface area contributed by atoms with Crippen LogP contribution < -0.4 is 9.80 Å². The van der Waals surface area contributed by atoms with Gasteiger partial charge >= 0.3 is 0 Å². The van der Waals surface area contributed by atoms with Gasteiger partial charge in [-0.25, -0.2) is 9.97 Å². The number of hydrogen-bond donors (Lipinski definition) is 0. The number of nitrogens with zero attached hydrogens (tertiary/aromatic N) is 4. The van der Waals surface area contributed by atoms with Gasteiger partial charge in [0.15, 0.2) is 0 Å². The Morgan fingerprint density at radius 2 is 0.571 bits per heavy atom. The van der Waals surface area contributed by atoms with Crippen molar-refractivity contribution in [3.05, 3.63) is 298 Å². The molecule has 3 aliphatic carbocycles. The van der Waals surface area contributed by atoms with Gasteiger partial charge < -0.3 is 0 Å². The van der Waals surface area contributed by atoms with E-state index in [2.05, 4.69) is 336 Å². The predicted molar refractivity (Wildman–Crippen MR) is 387 cm³/mol. The van der Waals surface area contributed by atoms with Crippen molar-refractivity contribution in [1.82, 2.24) is 9.97 Å². The molecule has 0 atom stereocenters. The number of pyridine rings is 2. The maximum absolute atomic E-state index is 5.07. The van der Waals surface area contributed by atoms with Gasteiger partial charge in [-0.1, -0.05) is 265 Å². The number of anilines is 6. The summed E-state index contributed by atoms with van der Waals surface area (Å²) < 4.78 is 0. The van der Waals surface area contributed by atoms with Crippen molar-refractivity contribution in [3.8, 4) is 33.4 Å². The maximum Gasteiger partial charge on any atom is 0.145 e. The van der Waals surface area contributed by atoms with Gasteiger partial charge in [0.25, 0.3) is 0 Å². The molecule has 0 bridgehead atoms. The normalized spacial score (nSPS) is 14.8. The monoisotopic (exact) mass is 1180 g/mol. The van der Waals surface area contributed by atoms with E-state index in [0.717, 1.165) is 45.2 Å². The van der Waals surface area contributed by atoms with Crippen LogP contribution in [0.2, 0.25) is 0 Å². The summed E-state index contributed by atoms with van der Waals surface area (Å²) in [7, 11) is 0. The molecule has 2 heterocycles. The van der Waals surface area contributed by atoms with Gasteiger partial charge in [0.2, 0.25) is 0 Å². The fourth-order valence-corrected chi connectivity index (χ4v) is 14.9. The molecule has 15 rings (SSSR count). The Morgan fingerprint density at radius 3 is 0.879 bits per heavy atom. The molecular formula is C87H78N4. The van der Waals surface area contributed by atoms with E-state index in [1.807, 2.05) is 12.4 Å². The molecule has 0 fully saturated rings. The molecule has 2 aromatic heterocycles. The first-order valence-corrected chi connectivity index (χ1v) is 32.3. The third-order valence-electron chi connectivity index (χ3n) is 20.3. The smallest absolute Gasteiger partial charge is 0.145 e. The quantitative estimate of drug-likeness (QED) is 0.128. The van der Waals surface area contributed by atoms with Crippen LogP contribution in [0, 0.1) is 0 Å². The minimum absolute atomic E-state index is 0.0482. The van der Waals surface area contributed by atoms with Gasteiger partial charge in [-0.3, -0.25) is 9.80 Å². The van der Waals surface area contributed by atoms with Crippen LogP contribution in [0.25, 0.3) is 79.2 Å². The molecule has 0 saturated carbocycles. The van der Waals surface area contributed by atoms with Gasteiger partial charge in [0.1, 0.15) is 11.6 Å². The first-order valence-electron chi connectivity index (χ1n) is 32.3. The molecule has 0 aliphatic heterocycles. The molecule has 3 aliphatic rings. The van der Waals surface area contributed by atoms with E-state index in [1.165, 1.54) is 111 Å². The fraction of sp³-hybridized carbons (Fsp3) is 0.195. The van der Waals surface area contributed by atoms with Crippen molar-refractivity contribution in [1.29, 1.82) is 0 Å². The molecule has 0 amide bonds. The molecule has 0 radical (unpaired) electrons. The number of rotatable bonds is 10. The third-order valence-corrected chi connectivity index (χ3v) is 20.3. The molecular weight excluding hydrogens is 1100 g/mol. The van der Waals surface area contributed by atoms with Crippen LogP contribution in [-0.2, 0) is 27.1 Å². The topological polar surface area (TPSA) is 32.3 Å². The lowest BCUT2D eigenvalue weighted by atomic mass is 9.81. The summed E-state index contributed by atoms with van der Waals surface area (Å²) in [5, 5.41) is 4.58. The van der Waals surface area contributed by atoms with Crippen LogP contribution >= 0.6 is 0 Å². The summed E-state index contributed by atoms with van der Waals surface area (Å²) in [5.41, 5.74) is 27.1. The standard InChI is InChI=1S/C87H78N4/c1-83(2,3)61-29-33-63(34-30-61)90(81-67-19-15-13-17-59(67)45-47-88-81)65-37-43-73-71-41-27-57(51-77(71)86(9,10)79(73)53-65)23-21-55-25-39-69-70-40-26-56(50-76(70)85(7,8)75(69)49-55)22-24-58-28-42-72-74-44-38-66(54-80(74)87(11,12)78(72)52-58)91(64-35-31-62(32-36-64)84(4,5)6)82-68-20-16-14-18-60(68)46-48-89-82/h13-54H,1-12H3. The highest BCUT2D eigenvalue weighted by Gasteiger charge is 2.39. The second-order valence-electron chi connectivity index (χ2n) is 29.2. The van der Waals surface area contributed by atoms with Crippen molar-refractivity contribution < 1.29 is 0 Å². The number of aromatic nitrogens is 2. The van der Waals surface area contributed by atoms with Gasteiger partial charge in [-0.05, 0) is 182 Å². The van der Waals surface area contributed by atoms with Gasteiger partial charge in [0.05, 0.1) is 0 Å². The molecule has 4 nitrogen and oxygen atoms in total. The minimum Gasteiger partial charge on any atom is -0.295 e. The molecule has 446 valence electrons. The SMILES string of the molecule is CC(C)(C)c1ccc(N(c2ccc3c(c2)C(C)(C)c2cc(C=Cc4ccc5c(c4)C(C)(C)c4cc(C=Cc6ccc7c(c6)C(C)(C)c6cc(N(c8ccc(C(C)(C)C)cc8)c8nccc9ccccc89)ccc6-7)ccc4-5)ccc2-3)c2nccc3ccccc23)cc1. The van der Waals surface area contributed by atoms with Crippen LogP contribution in [0.4, 0.5) is 34.4 Å². The highest BCUT2D eigenvalue weighted by molar-refractivity contribution is 5.99. The molecule has 0 spiro atoms. The van der Waals surface area contributed by atoms with E-state index in [1.54, 1.807) is 0 Å². The van der Waals surface area contributed by atoms with E-state index in [-0.39, 0.29) is 27.1 Å². The molecule has 0 N–H and O–H groups in total. The number of fused-ring (bicyclic) bond motifs is 11. The van der Waals surface area contributed by atoms with Crippen molar-refractivity contribution in [2.45, 2.75) is 110 Å². The maximum atomic E-state index is 5.07. The largest absolute Gasteiger partial charge is 0.295 e. The van der Waals surface area contributed by atoms with Crippen LogP contribution in [0.3, 0.4) is 0 Å². The Balaban J connectivity index is 0.671. The van der Waals surface area contributed by atoms with Crippen molar-refractivity contribution in [3.63, 3.8) is 0 Å². The van der Waals surface area contributed by atoms with Crippen molar-refractivity contribution in [2.24, 2.45) is 0 Å². The van der Waals surface area contributed by atoms with Gasteiger partial charge in [-0.15, -0.1) is 0 Å². The lowest BCUT2D eigenvalue weighted by Gasteiger charge is -2.29. The van der Waals surface area contributed by atoms with E-state index >= 15 is 0 Å². The summed E-state index contributed by atoms with van der Waals surface area (Å²) >= 11 is 0. The van der Waals surface area contributed by atoms with Crippen LogP contribution in [0.15, 0.2) is 231 Å². The summed E-state index contributed by atoms with van der Waals surface area (Å²) in [6.45, 7) is 27.9. The summed E-state index contributed by atoms with van der Waals surface area (Å²) in [5.74, 6) is 1.85. The van der Waals surface area contributed by atoms with Crippen molar-refractivity contribution >= 4 is 80.2 Å². The van der Waals surface area contributed by atoms with Crippen molar-refractivity contribution in [2.75, 3.05) is 9.80 Å². The zero-order valence-electron chi connectivity index (χ0n) is 54.5. The Labute approximate surface area is 538 Å². The predicted octanol–water partition coefficient (Wildman–Crippen LogP) is 23.6. The van der Waals surface area contributed by atoms with Gasteiger partial charge in [0, 0.05) is 62.2 Å². The van der Waals surface area contributed by atoms with E-state index < -0.39 is 0 Å². The summed E-state index contributed by atoms with van der Waals surface area (Å²) in [6, 6.07) is 81.6. The lowest BCUT2D eigenvalue weighted by molar-refractivity contribution is 0.590. The molecule has 10 aromatic carbocycles. The van der Waals surface area contributed by atoms with E-state index in [0.29, 0.717) is 0 Å². The average Bonchev–Trinajstić information content (AvgIpc) is 1.61. The molecule has 12 aromatic rings. The van der Waals surface area contributed by atoms with Crippen LogP contribution in [-0.4, -0.2) is 9.97 Å². The molecule has 91 heavy (non-hydrogen) atoms. The second kappa shape index (κ2) is 21.1. The summed E-state index contributed by atoms with van der Waals surface area (Å²) in [6.07, 6.45) is 13.0. The molecule has 0 saturated heterocycles. The van der Waals surface area contributed by atoms with Crippen LogP contribution in [0.5, 0.6) is 0 Å². The Bertz CT molecular complexity index is 4650. The van der Waals surface area contributed by atoms with Crippen LogP contribution in [0.1, 0.15) is 150 Å². The first kappa shape index (κ1) is 57.5. The Morgan fingerprint density at radius 1 is 0.297 bits per heavy atom. The summed E-state index contributed by atoms with van der Waals surface area (Å²) in [4.78, 5) is 14.8. The van der Waals surface area contributed by atoms with E-state index in [4.69, 9.17) is 9.97 Å². The number of hydrogen-bond acceptors (Lipinski definition) is 4. The fourth-order valence-electron chi connectivity index (χ4n) is 14.9. The van der Waals surface area contributed by atoms with E-state index in [9.17, 15) is 0 Å².